The van der Waals surface area contributed by atoms with Crippen LogP contribution in [0.4, 0.5) is 20.4 Å². The van der Waals surface area contributed by atoms with E-state index in [9.17, 15) is 38.2 Å². The third-order valence-corrected chi connectivity index (χ3v) is 15.3. The third kappa shape index (κ3) is 13.2. The summed E-state index contributed by atoms with van der Waals surface area (Å²) in [4.78, 5) is 74.5. The van der Waals surface area contributed by atoms with E-state index in [1.165, 1.54) is 37.0 Å². The number of thiazole rings is 2. The molecule has 2 saturated carbocycles. The summed E-state index contributed by atoms with van der Waals surface area (Å²) in [6.45, 7) is 16.1. The molecule has 4 aromatic heterocycles. The highest BCUT2D eigenvalue weighted by molar-refractivity contribution is 7.17. The first-order valence-electron chi connectivity index (χ1n) is 24.4. The SMILES string of the molecule is Cc1cc(NC2CCCC2)ncc1-c1sc(C(=O)NCC(C)(C)O)nc1C(=O)N1CC(F)(F)C[C@@H]1C.Cc1cc(N[C@H](C)C2CC2)ncc1-c1sc(C(=O)NCC(C)(C)O)nc1C(=O)N1CCC[C@@H]1C. The van der Waals surface area contributed by atoms with Crippen molar-refractivity contribution < 1.29 is 38.2 Å². The van der Waals surface area contributed by atoms with Crippen molar-refractivity contribution in [1.82, 2.24) is 40.4 Å². The molecule has 0 spiro atoms. The number of aryl methyl sites for hydroxylation is 2. The van der Waals surface area contributed by atoms with Crippen LogP contribution in [0.5, 0.6) is 0 Å². The minimum atomic E-state index is -2.97. The van der Waals surface area contributed by atoms with Crippen molar-refractivity contribution in [2.24, 2.45) is 5.92 Å². The minimum Gasteiger partial charge on any atom is -0.389 e. The number of halogens is 2. The molecule has 4 fully saturated rings. The molecule has 70 heavy (non-hydrogen) atoms. The normalized spacial score (nSPS) is 19.7. The van der Waals surface area contributed by atoms with Gasteiger partial charge in [-0.05, 0) is 130 Å². The number of aliphatic hydroxyl groups is 2. The number of amides is 4. The smallest absolute Gasteiger partial charge is 0.280 e. The molecular weight excluding hydrogens is 939 g/mol. The van der Waals surface area contributed by atoms with Gasteiger partial charge in [-0.2, -0.15) is 0 Å². The summed E-state index contributed by atoms with van der Waals surface area (Å²) in [5, 5.41) is 32.4. The lowest BCUT2D eigenvalue weighted by Gasteiger charge is -2.21. The van der Waals surface area contributed by atoms with Crippen LogP contribution in [0.2, 0.25) is 0 Å². The van der Waals surface area contributed by atoms with E-state index in [1.54, 1.807) is 47.0 Å². The first-order chi connectivity index (χ1) is 32.9. The highest BCUT2D eigenvalue weighted by Crippen LogP contribution is 2.39. The maximum Gasteiger partial charge on any atom is 0.280 e. The number of hydrogen-bond donors (Lipinski definition) is 6. The molecule has 6 heterocycles. The van der Waals surface area contributed by atoms with E-state index in [-0.39, 0.29) is 40.7 Å². The number of rotatable bonds is 15. The van der Waals surface area contributed by atoms with Gasteiger partial charge in [-0.25, -0.2) is 28.7 Å². The number of hydrogen-bond acceptors (Lipinski definition) is 14. The summed E-state index contributed by atoms with van der Waals surface area (Å²) in [6, 6.07) is 4.13. The van der Waals surface area contributed by atoms with Gasteiger partial charge in [0.15, 0.2) is 10.0 Å². The van der Waals surface area contributed by atoms with Crippen LogP contribution in [0.25, 0.3) is 20.9 Å². The number of anilines is 2. The zero-order valence-electron chi connectivity index (χ0n) is 41.7. The molecule has 0 aromatic carbocycles. The molecule has 20 heteroatoms. The van der Waals surface area contributed by atoms with Gasteiger partial charge in [-0.1, -0.05) is 12.8 Å². The largest absolute Gasteiger partial charge is 0.389 e. The summed E-state index contributed by atoms with van der Waals surface area (Å²) in [5.74, 6) is -2.45. The van der Waals surface area contributed by atoms with Gasteiger partial charge < -0.3 is 41.3 Å². The summed E-state index contributed by atoms with van der Waals surface area (Å²) in [6.07, 6.45) is 12.0. The average Bonchev–Trinajstić information content (AvgIpc) is 3.72. The van der Waals surface area contributed by atoms with Gasteiger partial charge in [0, 0.05) is 73.7 Å². The molecule has 2 aliphatic heterocycles. The zero-order chi connectivity index (χ0) is 50.9. The molecular formula is C50H68F2N10O6S2. The lowest BCUT2D eigenvalue weighted by atomic mass is 10.1. The van der Waals surface area contributed by atoms with Gasteiger partial charge in [-0.3, -0.25) is 19.2 Å². The first-order valence-corrected chi connectivity index (χ1v) is 26.0. The number of nitrogens with zero attached hydrogens (tertiary/aromatic N) is 6. The molecule has 16 nitrogen and oxygen atoms in total. The summed E-state index contributed by atoms with van der Waals surface area (Å²) in [5.41, 5.74) is 1.30. The van der Waals surface area contributed by atoms with Crippen molar-refractivity contribution in [1.29, 1.82) is 0 Å². The van der Waals surface area contributed by atoms with Crippen molar-refractivity contribution in [3.63, 3.8) is 0 Å². The second-order valence-electron chi connectivity index (χ2n) is 20.9. The quantitative estimate of drug-likeness (QED) is 0.0667. The van der Waals surface area contributed by atoms with Crippen LogP contribution in [-0.4, -0.2) is 131 Å². The molecule has 0 radical (unpaired) electrons. The van der Waals surface area contributed by atoms with Gasteiger partial charge in [0.2, 0.25) is 0 Å². The average molecular weight is 1010 g/mol. The molecule has 0 bridgehead atoms. The van der Waals surface area contributed by atoms with E-state index in [4.69, 9.17) is 0 Å². The Bertz CT molecular complexity index is 2560. The molecule has 4 amide bonds. The Kier molecular flexibility index (Phi) is 16.0. The second kappa shape index (κ2) is 21.3. The maximum absolute atomic E-state index is 14.0. The Morgan fingerprint density at radius 3 is 1.70 bits per heavy atom. The Labute approximate surface area is 416 Å². The van der Waals surface area contributed by atoms with E-state index >= 15 is 0 Å². The highest BCUT2D eigenvalue weighted by atomic mass is 32.1. The second-order valence-corrected chi connectivity index (χ2v) is 22.9. The van der Waals surface area contributed by atoms with Gasteiger partial charge in [0.05, 0.1) is 27.5 Å². The Morgan fingerprint density at radius 2 is 1.26 bits per heavy atom. The predicted octanol–water partition coefficient (Wildman–Crippen LogP) is 8.09. The number of carbonyl (C=O) groups excluding carboxylic acids is 4. The first kappa shape index (κ1) is 52.6. The standard InChI is InChI=1S/C25H33F2N5O3S.C25H35N5O3S/c1-14-9-18(30-16-7-5-6-8-16)28-11-17(14)20-19(23(34)32-13-25(26,27)10-15(32)2)31-22(36-20)21(33)29-12-24(3,4)35;1-14-11-19(28-16(3)17-8-9-17)26-12-18(14)21-20(24(32)30-10-6-7-15(30)2)29-23(34-21)22(31)27-13-25(4,5)33/h9,11,15-16,35H,5-8,10,12-13H2,1-4H3,(H,28,30)(H,29,33);11-12,15-17,33H,6-10,13H2,1-5H3,(H,26,28)(H,27,31)/t15-;15-,16+/m00/s1. The van der Waals surface area contributed by atoms with Gasteiger partial charge in [-0.15, -0.1) is 22.7 Å². The lowest BCUT2D eigenvalue weighted by molar-refractivity contribution is 0.0117. The van der Waals surface area contributed by atoms with Gasteiger partial charge in [0.1, 0.15) is 23.0 Å². The van der Waals surface area contributed by atoms with Gasteiger partial charge in [0.25, 0.3) is 29.6 Å². The Morgan fingerprint density at radius 1 is 0.757 bits per heavy atom. The Balaban J connectivity index is 0.000000207. The molecule has 8 rings (SSSR count). The summed E-state index contributed by atoms with van der Waals surface area (Å²) < 4.78 is 28.1. The summed E-state index contributed by atoms with van der Waals surface area (Å²) >= 11 is 2.21. The predicted molar refractivity (Wildman–Crippen MR) is 269 cm³/mol. The van der Waals surface area contributed by atoms with Crippen LogP contribution in [0, 0.1) is 19.8 Å². The Hall–Kier alpha value is -5.18. The molecule has 3 atom stereocenters. The van der Waals surface area contributed by atoms with Crippen LogP contribution in [-0.2, 0) is 0 Å². The fraction of sp³-hybridized carbons (Fsp3) is 0.600. The monoisotopic (exact) mass is 1010 g/mol. The van der Waals surface area contributed by atoms with Gasteiger partial charge >= 0.3 is 0 Å². The fourth-order valence-corrected chi connectivity index (χ4v) is 11.1. The maximum atomic E-state index is 14.0. The lowest BCUT2D eigenvalue weighted by Crippen LogP contribution is -2.38. The molecule has 2 aliphatic carbocycles. The van der Waals surface area contributed by atoms with Crippen molar-refractivity contribution in [2.75, 3.05) is 36.8 Å². The fourth-order valence-electron chi connectivity index (χ4n) is 9.00. The van der Waals surface area contributed by atoms with E-state index in [1.807, 2.05) is 37.8 Å². The van der Waals surface area contributed by atoms with E-state index < -0.39 is 53.9 Å². The minimum absolute atomic E-state index is 0.0124. The van der Waals surface area contributed by atoms with E-state index in [2.05, 4.69) is 48.1 Å². The molecule has 380 valence electrons. The third-order valence-electron chi connectivity index (χ3n) is 13.1. The van der Waals surface area contributed by atoms with Crippen LogP contribution >= 0.6 is 22.7 Å². The van der Waals surface area contributed by atoms with Crippen molar-refractivity contribution >= 4 is 57.9 Å². The molecule has 6 N–H and O–H groups in total. The number of aromatic nitrogens is 4. The number of pyridine rings is 2. The van der Waals surface area contributed by atoms with Crippen LogP contribution in [0.1, 0.15) is 158 Å². The van der Waals surface area contributed by atoms with Crippen molar-refractivity contribution in [2.45, 2.75) is 161 Å². The van der Waals surface area contributed by atoms with Crippen molar-refractivity contribution in [3.8, 4) is 20.9 Å². The van der Waals surface area contributed by atoms with Crippen LogP contribution < -0.4 is 21.3 Å². The zero-order valence-corrected chi connectivity index (χ0v) is 43.3. The highest BCUT2D eigenvalue weighted by Gasteiger charge is 2.46. The number of nitrogens with one attached hydrogen (secondary N) is 4. The molecule has 0 unspecified atom stereocenters. The summed E-state index contributed by atoms with van der Waals surface area (Å²) in [7, 11) is 0. The number of carbonyl (C=O) groups is 4. The number of likely N-dealkylation sites (tertiary alicyclic amines) is 2. The molecule has 4 aliphatic rings. The van der Waals surface area contributed by atoms with E-state index in [0.717, 1.165) is 70.2 Å². The number of alkyl halides is 2. The van der Waals surface area contributed by atoms with Crippen molar-refractivity contribution in [3.05, 3.63) is 57.1 Å². The topological polar surface area (TPSA) is 215 Å². The van der Waals surface area contributed by atoms with E-state index in [0.29, 0.717) is 45.6 Å². The van der Waals surface area contributed by atoms with Crippen LogP contribution in [0.3, 0.4) is 0 Å². The van der Waals surface area contributed by atoms with Crippen LogP contribution in [0.15, 0.2) is 24.5 Å². The molecule has 2 saturated heterocycles. The molecule has 4 aromatic rings.